The number of hydrogen-bond acceptors (Lipinski definition) is 4. The number of nitrogens with two attached hydrogens (primary N) is 1. The van der Waals surface area contributed by atoms with Crippen molar-refractivity contribution in [3.05, 3.63) is 51.0 Å². The van der Waals surface area contributed by atoms with Gasteiger partial charge in [-0.1, -0.05) is 23.5 Å². The Balaban J connectivity index is 2.18. The largest absolute Gasteiger partial charge is 0.347 e. The standard InChI is InChI=1S/C16H17N3OS/c1-11-5-6-13(4-3-7-17)14(8-11)16(20)18-9-15-12(2)19-10-21-15/h5-6,8,10H,7,9,17H2,1-2H3,(H,18,20). The molecule has 0 unspecified atom stereocenters. The zero-order valence-electron chi connectivity index (χ0n) is 12.1. The van der Waals surface area contributed by atoms with Gasteiger partial charge in [0.1, 0.15) is 0 Å². The molecule has 0 atom stereocenters. The first-order valence-electron chi connectivity index (χ1n) is 6.58. The SMILES string of the molecule is Cc1ccc(C#CCN)c(C(=O)NCc2scnc2C)c1. The molecule has 0 spiro atoms. The summed E-state index contributed by atoms with van der Waals surface area (Å²) in [6.07, 6.45) is 0. The van der Waals surface area contributed by atoms with E-state index in [9.17, 15) is 4.79 Å². The molecule has 1 aromatic heterocycles. The molecule has 0 aliphatic carbocycles. The summed E-state index contributed by atoms with van der Waals surface area (Å²) in [5.74, 6) is 5.60. The minimum atomic E-state index is -0.132. The predicted octanol–water partition coefficient (Wildman–Crippen LogP) is 2.00. The van der Waals surface area contributed by atoms with Gasteiger partial charge in [-0.25, -0.2) is 4.98 Å². The average molecular weight is 299 g/mol. The van der Waals surface area contributed by atoms with Gasteiger partial charge in [-0.3, -0.25) is 4.79 Å². The van der Waals surface area contributed by atoms with E-state index < -0.39 is 0 Å². The van der Waals surface area contributed by atoms with E-state index in [1.165, 1.54) is 11.3 Å². The number of aromatic nitrogens is 1. The minimum Gasteiger partial charge on any atom is -0.347 e. The second-order valence-corrected chi connectivity index (χ2v) is 5.54. The summed E-state index contributed by atoms with van der Waals surface area (Å²) >= 11 is 1.54. The van der Waals surface area contributed by atoms with E-state index in [-0.39, 0.29) is 12.5 Å². The van der Waals surface area contributed by atoms with Crippen LogP contribution in [-0.4, -0.2) is 17.4 Å². The highest BCUT2D eigenvalue weighted by atomic mass is 32.1. The van der Waals surface area contributed by atoms with Crippen LogP contribution in [0.25, 0.3) is 0 Å². The number of amides is 1. The van der Waals surface area contributed by atoms with Crippen LogP contribution in [0.3, 0.4) is 0 Å². The third-order valence-electron chi connectivity index (χ3n) is 3.00. The molecule has 1 heterocycles. The fourth-order valence-electron chi connectivity index (χ4n) is 1.85. The summed E-state index contributed by atoms with van der Waals surface area (Å²) in [5, 5.41) is 2.92. The molecule has 4 nitrogen and oxygen atoms in total. The fourth-order valence-corrected chi connectivity index (χ4v) is 2.57. The first kappa shape index (κ1) is 15.2. The molecule has 1 amide bonds. The molecule has 21 heavy (non-hydrogen) atoms. The third-order valence-corrected chi connectivity index (χ3v) is 3.93. The number of nitrogens with one attached hydrogen (secondary N) is 1. The lowest BCUT2D eigenvalue weighted by Crippen LogP contribution is -2.23. The van der Waals surface area contributed by atoms with Crippen molar-refractivity contribution < 1.29 is 4.79 Å². The van der Waals surface area contributed by atoms with Crippen molar-refractivity contribution in [1.82, 2.24) is 10.3 Å². The second-order valence-electron chi connectivity index (χ2n) is 4.60. The number of aryl methyl sites for hydroxylation is 2. The van der Waals surface area contributed by atoms with Gasteiger partial charge < -0.3 is 11.1 Å². The molecule has 0 aliphatic heterocycles. The number of nitrogens with zero attached hydrogens (tertiary/aromatic N) is 1. The summed E-state index contributed by atoms with van der Waals surface area (Å²) < 4.78 is 0. The Labute approximate surface area is 128 Å². The van der Waals surface area contributed by atoms with Crippen LogP contribution in [0.2, 0.25) is 0 Å². The van der Waals surface area contributed by atoms with Crippen LogP contribution in [0, 0.1) is 25.7 Å². The van der Waals surface area contributed by atoms with Crippen molar-refractivity contribution in [3.8, 4) is 11.8 Å². The Bertz CT molecular complexity index is 710. The predicted molar refractivity (Wildman–Crippen MR) is 85.1 cm³/mol. The zero-order chi connectivity index (χ0) is 15.2. The van der Waals surface area contributed by atoms with Gasteiger partial charge in [-0.05, 0) is 26.0 Å². The van der Waals surface area contributed by atoms with Gasteiger partial charge in [0, 0.05) is 10.4 Å². The Morgan fingerprint density at radius 3 is 2.90 bits per heavy atom. The highest BCUT2D eigenvalue weighted by Crippen LogP contribution is 2.14. The Morgan fingerprint density at radius 1 is 1.43 bits per heavy atom. The number of carbonyl (C=O) groups is 1. The van der Waals surface area contributed by atoms with E-state index in [1.54, 1.807) is 5.51 Å². The van der Waals surface area contributed by atoms with E-state index in [4.69, 9.17) is 5.73 Å². The highest BCUT2D eigenvalue weighted by molar-refractivity contribution is 7.09. The maximum atomic E-state index is 12.4. The van der Waals surface area contributed by atoms with Gasteiger partial charge in [0.2, 0.25) is 0 Å². The third kappa shape index (κ3) is 3.91. The lowest BCUT2D eigenvalue weighted by molar-refractivity contribution is 0.0951. The monoisotopic (exact) mass is 299 g/mol. The molecular formula is C16H17N3OS. The summed E-state index contributed by atoms with van der Waals surface area (Å²) in [6.45, 7) is 4.63. The van der Waals surface area contributed by atoms with E-state index in [0.717, 1.165) is 16.1 Å². The number of carbonyl (C=O) groups excluding carboxylic acids is 1. The van der Waals surface area contributed by atoms with Crippen molar-refractivity contribution in [3.63, 3.8) is 0 Å². The van der Waals surface area contributed by atoms with Crippen molar-refractivity contribution in [2.24, 2.45) is 5.73 Å². The smallest absolute Gasteiger partial charge is 0.252 e. The molecule has 0 fully saturated rings. The van der Waals surface area contributed by atoms with Crippen LogP contribution < -0.4 is 11.1 Å². The molecule has 0 saturated heterocycles. The maximum Gasteiger partial charge on any atom is 0.252 e. The molecule has 2 aromatic rings. The molecular weight excluding hydrogens is 282 g/mol. The van der Waals surface area contributed by atoms with Crippen molar-refractivity contribution >= 4 is 17.2 Å². The second kappa shape index (κ2) is 7.02. The van der Waals surface area contributed by atoms with Gasteiger partial charge >= 0.3 is 0 Å². The first-order valence-corrected chi connectivity index (χ1v) is 7.46. The topological polar surface area (TPSA) is 68.0 Å². The van der Waals surface area contributed by atoms with Crippen LogP contribution in [0.1, 0.15) is 32.1 Å². The van der Waals surface area contributed by atoms with Crippen molar-refractivity contribution in [2.75, 3.05) is 6.54 Å². The summed E-state index contributed by atoms with van der Waals surface area (Å²) in [7, 11) is 0. The highest BCUT2D eigenvalue weighted by Gasteiger charge is 2.11. The Kier molecular flexibility index (Phi) is 5.09. The van der Waals surface area contributed by atoms with Gasteiger partial charge in [0.05, 0.1) is 29.9 Å². The lowest BCUT2D eigenvalue weighted by atomic mass is 10.0. The molecule has 5 heteroatoms. The molecule has 0 aliphatic rings. The van der Waals surface area contributed by atoms with Crippen LogP contribution >= 0.6 is 11.3 Å². The van der Waals surface area contributed by atoms with Crippen molar-refractivity contribution in [1.29, 1.82) is 0 Å². The molecule has 3 N–H and O–H groups in total. The van der Waals surface area contributed by atoms with Gasteiger partial charge in [-0.2, -0.15) is 0 Å². The van der Waals surface area contributed by atoms with Crippen LogP contribution in [0.4, 0.5) is 0 Å². The van der Waals surface area contributed by atoms with Gasteiger partial charge in [0.15, 0.2) is 0 Å². The molecule has 0 bridgehead atoms. The van der Waals surface area contributed by atoms with Gasteiger partial charge in [-0.15, -0.1) is 11.3 Å². The Morgan fingerprint density at radius 2 is 2.24 bits per heavy atom. The summed E-state index contributed by atoms with van der Waals surface area (Å²) in [4.78, 5) is 17.6. The number of thiazole rings is 1. The summed E-state index contributed by atoms with van der Waals surface area (Å²) in [6, 6.07) is 5.63. The first-order chi connectivity index (χ1) is 10.1. The number of benzene rings is 1. The van der Waals surface area contributed by atoms with E-state index in [1.807, 2.05) is 32.0 Å². The number of rotatable bonds is 3. The van der Waals surface area contributed by atoms with E-state index >= 15 is 0 Å². The van der Waals surface area contributed by atoms with Crippen LogP contribution in [0.5, 0.6) is 0 Å². The lowest BCUT2D eigenvalue weighted by Gasteiger charge is -2.07. The molecule has 2 rings (SSSR count). The average Bonchev–Trinajstić information content (AvgIpc) is 2.88. The van der Waals surface area contributed by atoms with Crippen molar-refractivity contribution in [2.45, 2.75) is 20.4 Å². The molecule has 0 saturated carbocycles. The summed E-state index contributed by atoms with van der Waals surface area (Å²) in [5.41, 5.74) is 10.4. The molecule has 0 radical (unpaired) electrons. The maximum absolute atomic E-state index is 12.4. The van der Waals surface area contributed by atoms with E-state index in [2.05, 4.69) is 22.1 Å². The zero-order valence-corrected chi connectivity index (χ0v) is 12.9. The number of hydrogen-bond donors (Lipinski definition) is 2. The Hall–Kier alpha value is -2.16. The molecule has 1 aromatic carbocycles. The van der Waals surface area contributed by atoms with Gasteiger partial charge in [0.25, 0.3) is 5.91 Å². The normalized spacial score (nSPS) is 9.86. The molecule has 108 valence electrons. The van der Waals surface area contributed by atoms with Crippen LogP contribution in [0.15, 0.2) is 23.7 Å². The van der Waals surface area contributed by atoms with E-state index in [0.29, 0.717) is 17.7 Å². The quantitative estimate of drug-likeness (QED) is 0.852. The fraction of sp³-hybridized carbons (Fsp3) is 0.250. The minimum absolute atomic E-state index is 0.132. The van der Waals surface area contributed by atoms with Crippen LogP contribution in [-0.2, 0) is 6.54 Å².